The average Bonchev–Trinajstić information content (AvgIpc) is 2.44. The van der Waals surface area contributed by atoms with Crippen LogP contribution < -0.4 is 0 Å². The minimum Gasteiger partial charge on any atom is -0.300 e. The average molecular weight is 209 g/mol. The Kier molecular flexibility index (Phi) is 2.79. The van der Waals surface area contributed by atoms with Gasteiger partial charge in [0.1, 0.15) is 5.78 Å². The van der Waals surface area contributed by atoms with Gasteiger partial charge in [-0.15, -0.1) is 0 Å². The number of imide groups is 1. The molecule has 0 saturated carbocycles. The van der Waals surface area contributed by atoms with E-state index in [0.29, 0.717) is 0 Å². The van der Waals surface area contributed by atoms with Crippen LogP contribution >= 0.6 is 0 Å². The molecule has 0 aromatic heterocycles. The summed E-state index contributed by atoms with van der Waals surface area (Å²) in [5, 5.41) is 0. The summed E-state index contributed by atoms with van der Waals surface area (Å²) in [7, 11) is 0. The van der Waals surface area contributed by atoms with Crippen LogP contribution in [0.5, 0.6) is 0 Å². The number of nitrogens with zero attached hydrogens (tertiary/aromatic N) is 1. The maximum Gasteiger partial charge on any atom is 0.254 e. The summed E-state index contributed by atoms with van der Waals surface area (Å²) >= 11 is 0. The fourth-order valence-corrected chi connectivity index (χ4v) is 1.66. The van der Waals surface area contributed by atoms with Crippen molar-refractivity contribution >= 4 is 17.6 Å². The van der Waals surface area contributed by atoms with Crippen LogP contribution in [0, 0.1) is 5.92 Å². The van der Waals surface area contributed by atoms with Crippen molar-refractivity contribution in [2.24, 2.45) is 5.92 Å². The van der Waals surface area contributed by atoms with E-state index in [1.807, 2.05) is 0 Å². The van der Waals surface area contributed by atoms with Crippen molar-refractivity contribution in [2.75, 3.05) is 0 Å². The summed E-state index contributed by atoms with van der Waals surface area (Å²) in [6, 6.07) is 0. The van der Waals surface area contributed by atoms with Crippen molar-refractivity contribution < 1.29 is 14.4 Å². The molecule has 0 bridgehead atoms. The van der Waals surface area contributed by atoms with Gasteiger partial charge in [0.15, 0.2) is 0 Å². The topological polar surface area (TPSA) is 54.5 Å². The number of amides is 2. The van der Waals surface area contributed by atoms with Crippen LogP contribution in [0.1, 0.15) is 27.7 Å². The third-order valence-electron chi connectivity index (χ3n) is 3.06. The molecule has 0 aromatic carbocycles. The SMILES string of the molecule is CC(=O)C(C)C(C)(C)N1C(=O)C=CC1=O. The molecule has 1 unspecified atom stereocenters. The number of carbonyl (C=O) groups is 3. The number of hydrogen-bond donors (Lipinski definition) is 0. The second-order valence-corrected chi connectivity index (χ2v) is 4.33. The highest BCUT2D eigenvalue weighted by Gasteiger charge is 2.42. The van der Waals surface area contributed by atoms with Gasteiger partial charge < -0.3 is 0 Å². The maximum absolute atomic E-state index is 11.5. The van der Waals surface area contributed by atoms with E-state index in [4.69, 9.17) is 0 Å². The number of ketones is 1. The molecule has 0 fully saturated rings. The Bertz CT molecular complexity index is 337. The van der Waals surface area contributed by atoms with Gasteiger partial charge in [0.05, 0.1) is 5.54 Å². The molecule has 15 heavy (non-hydrogen) atoms. The van der Waals surface area contributed by atoms with Gasteiger partial charge in [-0.1, -0.05) is 6.92 Å². The van der Waals surface area contributed by atoms with Crippen LogP contribution in [-0.2, 0) is 14.4 Å². The Morgan fingerprint density at radius 1 is 1.27 bits per heavy atom. The Labute approximate surface area is 88.9 Å². The van der Waals surface area contributed by atoms with E-state index in [9.17, 15) is 14.4 Å². The van der Waals surface area contributed by atoms with Crippen molar-refractivity contribution in [3.8, 4) is 0 Å². The highest BCUT2D eigenvalue weighted by molar-refractivity contribution is 6.13. The molecule has 0 saturated heterocycles. The van der Waals surface area contributed by atoms with Gasteiger partial charge in [0.2, 0.25) is 0 Å². The second-order valence-electron chi connectivity index (χ2n) is 4.33. The highest BCUT2D eigenvalue weighted by atomic mass is 16.2. The van der Waals surface area contributed by atoms with E-state index in [-0.39, 0.29) is 23.5 Å². The van der Waals surface area contributed by atoms with E-state index in [1.165, 1.54) is 19.1 Å². The third-order valence-corrected chi connectivity index (χ3v) is 3.06. The first-order valence-corrected chi connectivity index (χ1v) is 4.85. The Morgan fingerprint density at radius 3 is 2.00 bits per heavy atom. The highest BCUT2D eigenvalue weighted by Crippen LogP contribution is 2.28. The minimum atomic E-state index is -0.774. The van der Waals surface area contributed by atoms with Crippen LogP contribution in [0.15, 0.2) is 12.2 Å². The van der Waals surface area contributed by atoms with Crippen molar-refractivity contribution in [3.63, 3.8) is 0 Å². The van der Waals surface area contributed by atoms with E-state index in [0.717, 1.165) is 4.90 Å². The van der Waals surface area contributed by atoms with Gasteiger partial charge in [-0.2, -0.15) is 0 Å². The molecule has 0 N–H and O–H groups in total. The zero-order chi connectivity index (χ0) is 11.8. The number of carbonyl (C=O) groups excluding carboxylic acids is 3. The molecule has 0 radical (unpaired) electrons. The molecule has 82 valence electrons. The standard InChI is InChI=1S/C11H15NO3/c1-7(8(2)13)11(3,4)12-9(14)5-6-10(12)15/h5-7H,1-4H3. The smallest absolute Gasteiger partial charge is 0.254 e. The molecule has 1 aliphatic heterocycles. The lowest BCUT2D eigenvalue weighted by molar-refractivity contribution is -0.146. The lowest BCUT2D eigenvalue weighted by Crippen LogP contribution is -2.53. The van der Waals surface area contributed by atoms with Gasteiger partial charge in [-0.05, 0) is 20.8 Å². The summed E-state index contributed by atoms with van der Waals surface area (Å²) in [6.45, 7) is 6.63. The fraction of sp³-hybridized carbons (Fsp3) is 0.545. The lowest BCUT2D eigenvalue weighted by Gasteiger charge is -2.37. The number of hydrogen-bond acceptors (Lipinski definition) is 3. The minimum absolute atomic E-state index is 0.0347. The molecule has 0 aliphatic carbocycles. The summed E-state index contributed by atoms with van der Waals surface area (Å²) in [5.41, 5.74) is -0.774. The molecule has 2 amide bonds. The molecular formula is C11H15NO3. The van der Waals surface area contributed by atoms with Crippen molar-refractivity contribution in [2.45, 2.75) is 33.2 Å². The van der Waals surface area contributed by atoms with E-state index >= 15 is 0 Å². The first kappa shape index (κ1) is 11.6. The molecule has 1 heterocycles. The maximum atomic E-state index is 11.5. The van der Waals surface area contributed by atoms with Crippen molar-refractivity contribution in [1.82, 2.24) is 4.90 Å². The zero-order valence-corrected chi connectivity index (χ0v) is 9.40. The van der Waals surface area contributed by atoms with Gasteiger partial charge in [0.25, 0.3) is 11.8 Å². The summed E-state index contributed by atoms with van der Waals surface area (Å²) in [6.07, 6.45) is 2.47. The molecule has 4 nitrogen and oxygen atoms in total. The van der Waals surface area contributed by atoms with Gasteiger partial charge >= 0.3 is 0 Å². The van der Waals surface area contributed by atoms with E-state index < -0.39 is 5.54 Å². The van der Waals surface area contributed by atoms with E-state index in [1.54, 1.807) is 20.8 Å². The van der Waals surface area contributed by atoms with Gasteiger partial charge in [-0.25, -0.2) is 0 Å². The Hall–Kier alpha value is -1.45. The molecule has 0 spiro atoms. The normalized spacial score (nSPS) is 18.5. The third kappa shape index (κ3) is 1.84. The molecule has 4 heteroatoms. The quantitative estimate of drug-likeness (QED) is 0.649. The fourth-order valence-electron chi connectivity index (χ4n) is 1.66. The second kappa shape index (κ2) is 3.61. The van der Waals surface area contributed by atoms with Crippen LogP contribution in [0.3, 0.4) is 0 Å². The zero-order valence-electron chi connectivity index (χ0n) is 9.40. The number of rotatable bonds is 3. The molecule has 1 rings (SSSR count). The Balaban J connectivity index is 3.01. The summed E-state index contributed by atoms with van der Waals surface area (Å²) in [5.74, 6) is -1.10. The summed E-state index contributed by atoms with van der Waals surface area (Å²) < 4.78 is 0. The van der Waals surface area contributed by atoms with E-state index in [2.05, 4.69) is 0 Å². The van der Waals surface area contributed by atoms with Crippen LogP contribution in [0.4, 0.5) is 0 Å². The van der Waals surface area contributed by atoms with Crippen LogP contribution in [0.2, 0.25) is 0 Å². The summed E-state index contributed by atoms with van der Waals surface area (Å²) in [4.78, 5) is 35.4. The van der Waals surface area contributed by atoms with Crippen LogP contribution in [-0.4, -0.2) is 28.0 Å². The van der Waals surface area contributed by atoms with Crippen molar-refractivity contribution in [1.29, 1.82) is 0 Å². The lowest BCUT2D eigenvalue weighted by atomic mass is 9.84. The number of Topliss-reactive ketones (excluding diaryl/α,β-unsaturated/α-hetero) is 1. The first-order valence-electron chi connectivity index (χ1n) is 4.85. The molecule has 1 aliphatic rings. The predicted octanol–water partition coefficient (Wildman–Crippen LogP) is 0.915. The first-order chi connectivity index (χ1) is 6.78. The van der Waals surface area contributed by atoms with Crippen molar-refractivity contribution in [3.05, 3.63) is 12.2 Å². The largest absolute Gasteiger partial charge is 0.300 e. The predicted molar refractivity (Wildman–Crippen MR) is 54.9 cm³/mol. The molecular weight excluding hydrogens is 194 g/mol. The molecule has 1 atom stereocenters. The van der Waals surface area contributed by atoms with Gasteiger partial charge in [-0.3, -0.25) is 19.3 Å². The molecule has 0 aromatic rings. The van der Waals surface area contributed by atoms with Crippen LogP contribution in [0.25, 0.3) is 0 Å². The monoisotopic (exact) mass is 209 g/mol. The Morgan fingerprint density at radius 2 is 1.67 bits per heavy atom. The van der Waals surface area contributed by atoms with Gasteiger partial charge in [0, 0.05) is 18.1 Å².